The van der Waals surface area contributed by atoms with Gasteiger partial charge in [0.15, 0.2) is 0 Å². The molecule has 0 atom stereocenters. The van der Waals surface area contributed by atoms with Crippen molar-refractivity contribution in [2.75, 3.05) is 6.54 Å². The molecule has 0 bridgehead atoms. The van der Waals surface area contributed by atoms with Gasteiger partial charge in [0, 0.05) is 13.0 Å². The van der Waals surface area contributed by atoms with Crippen LogP contribution in [0.4, 0.5) is 0 Å². The van der Waals surface area contributed by atoms with Gasteiger partial charge in [-0.15, -0.1) is 0 Å². The third kappa shape index (κ3) is 3.81. The lowest BCUT2D eigenvalue weighted by Crippen LogP contribution is -2.24. The van der Waals surface area contributed by atoms with Gasteiger partial charge in [-0.05, 0) is 18.6 Å². The van der Waals surface area contributed by atoms with E-state index in [9.17, 15) is 13.2 Å². The fraction of sp³-hybridized carbons (Fsp3) is 0.300. The summed E-state index contributed by atoms with van der Waals surface area (Å²) in [6.07, 6.45) is 1.67. The van der Waals surface area contributed by atoms with Crippen LogP contribution in [-0.4, -0.2) is 21.2 Å². The van der Waals surface area contributed by atoms with Crippen molar-refractivity contribution in [2.24, 2.45) is 0 Å². The fourth-order valence-corrected chi connectivity index (χ4v) is 2.17. The molecule has 0 radical (unpaired) electrons. The second-order valence-corrected chi connectivity index (χ2v) is 4.79. The van der Waals surface area contributed by atoms with Crippen molar-refractivity contribution < 1.29 is 13.2 Å². The maximum absolute atomic E-state index is 11.6. The lowest BCUT2D eigenvalue weighted by molar-refractivity contribution is -0.107. The Balaban J connectivity index is 2.57. The van der Waals surface area contributed by atoms with E-state index < -0.39 is 10.0 Å². The second-order valence-electron chi connectivity index (χ2n) is 3.02. The molecule has 0 aliphatic carbocycles. The second kappa shape index (κ2) is 5.63. The number of benzene rings is 1. The molecule has 0 aliphatic heterocycles. The molecule has 82 valence electrons. The largest absolute Gasteiger partial charge is 0.303 e. The third-order valence-electron chi connectivity index (χ3n) is 1.84. The number of hydrogen-bond donors (Lipinski definition) is 1. The molecule has 0 saturated heterocycles. The lowest BCUT2D eigenvalue weighted by atomic mass is 10.3. The van der Waals surface area contributed by atoms with Gasteiger partial charge in [-0.3, -0.25) is 0 Å². The first kappa shape index (κ1) is 11.9. The SMILES string of the molecule is O=CCCCNS(=O)(=O)c1ccccc1. The van der Waals surface area contributed by atoms with Crippen molar-refractivity contribution in [3.05, 3.63) is 30.3 Å². The van der Waals surface area contributed by atoms with Crippen LogP contribution in [0, 0.1) is 0 Å². The summed E-state index contributed by atoms with van der Waals surface area (Å²) in [5, 5.41) is 0. The molecular formula is C10H13NO3S. The van der Waals surface area contributed by atoms with Gasteiger partial charge in [0.1, 0.15) is 6.29 Å². The van der Waals surface area contributed by atoms with Crippen LogP contribution in [0.2, 0.25) is 0 Å². The average Bonchev–Trinajstić information content (AvgIpc) is 2.26. The number of hydrogen-bond acceptors (Lipinski definition) is 3. The molecule has 1 N–H and O–H groups in total. The molecule has 5 heteroatoms. The zero-order valence-corrected chi connectivity index (χ0v) is 9.03. The van der Waals surface area contributed by atoms with Gasteiger partial charge >= 0.3 is 0 Å². The van der Waals surface area contributed by atoms with E-state index >= 15 is 0 Å². The van der Waals surface area contributed by atoms with Gasteiger partial charge in [-0.2, -0.15) is 0 Å². The van der Waals surface area contributed by atoms with Crippen LogP contribution in [0.1, 0.15) is 12.8 Å². The van der Waals surface area contributed by atoms with Crippen molar-refractivity contribution in [3.8, 4) is 0 Å². The van der Waals surface area contributed by atoms with Gasteiger partial charge in [0.05, 0.1) is 4.90 Å². The highest BCUT2D eigenvalue weighted by Gasteiger charge is 2.11. The van der Waals surface area contributed by atoms with E-state index in [1.54, 1.807) is 18.2 Å². The fourth-order valence-electron chi connectivity index (χ4n) is 1.07. The number of sulfonamides is 1. The Morgan fingerprint density at radius 2 is 1.87 bits per heavy atom. The standard InChI is InChI=1S/C10H13NO3S/c12-9-5-4-8-11-15(13,14)10-6-2-1-3-7-10/h1-3,6-7,9,11H,4-5,8H2. The Morgan fingerprint density at radius 3 is 2.47 bits per heavy atom. The van der Waals surface area contributed by atoms with Crippen LogP contribution in [-0.2, 0) is 14.8 Å². The minimum absolute atomic E-state index is 0.246. The molecule has 0 amide bonds. The molecule has 0 aliphatic rings. The van der Waals surface area contributed by atoms with Crippen LogP contribution in [0.5, 0.6) is 0 Å². The first-order valence-corrected chi connectivity index (χ1v) is 6.13. The quantitative estimate of drug-likeness (QED) is 0.581. The highest BCUT2D eigenvalue weighted by Crippen LogP contribution is 2.06. The monoisotopic (exact) mass is 227 g/mol. The molecule has 0 saturated carbocycles. The number of carbonyl (C=O) groups is 1. The Kier molecular flexibility index (Phi) is 4.45. The molecule has 0 heterocycles. The first-order chi connectivity index (χ1) is 7.17. The summed E-state index contributed by atoms with van der Waals surface area (Å²) in [5.74, 6) is 0. The summed E-state index contributed by atoms with van der Waals surface area (Å²) in [6, 6.07) is 8.15. The summed E-state index contributed by atoms with van der Waals surface area (Å²) in [4.78, 5) is 10.3. The molecular weight excluding hydrogens is 214 g/mol. The summed E-state index contributed by atoms with van der Waals surface area (Å²) >= 11 is 0. The molecule has 0 fully saturated rings. The van der Waals surface area contributed by atoms with E-state index in [0.29, 0.717) is 12.8 Å². The Hall–Kier alpha value is -1.20. The topological polar surface area (TPSA) is 63.2 Å². The van der Waals surface area contributed by atoms with Crippen molar-refractivity contribution in [3.63, 3.8) is 0 Å². The Bertz CT molecular complexity index is 400. The van der Waals surface area contributed by atoms with E-state index in [2.05, 4.69) is 4.72 Å². The molecule has 1 aromatic carbocycles. The molecule has 4 nitrogen and oxygen atoms in total. The highest BCUT2D eigenvalue weighted by atomic mass is 32.2. The van der Waals surface area contributed by atoms with Crippen LogP contribution in [0.3, 0.4) is 0 Å². The van der Waals surface area contributed by atoms with Crippen LogP contribution in [0.25, 0.3) is 0 Å². The van der Waals surface area contributed by atoms with E-state index in [-0.39, 0.29) is 11.4 Å². The van der Waals surface area contributed by atoms with E-state index in [1.807, 2.05) is 0 Å². The van der Waals surface area contributed by atoms with Crippen molar-refractivity contribution in [2.45, 2.75) is 17.7 Å². The summed E-state index contributed by atoms with van der Waals surface area (Å²) in [5.41, 5.74) is 0. The van der Waals surface area contributed by atoms with Gasteiger partial charge in [0.2, 0.25) is 10.0 Å². The van der Waals surface area contributed by atoms with Gasteiger partial charge < -0.3 is 4.79 Å². The van der Waals surface area contributed by atoms with Crippen molar-refractivity contribution in [1.82, 2.24) is 4.72 Å². The average molecular weight is 227 g/mol. The van der Waals surface area contributed by atoms with Crippen LogP contribution >= 0.6 is 0 Å². The summed E-state index contributed by atoms with van der Waals surface area (Å²) < 4.78 is 25.6. The van der Waals surface area contributed by atoms with Gasteiger partial charge in [-0.1, -0.05) is 18.2 Å². The van der Waals surface area contributed by atoms with Crippen LogP contribution in [0.15, 0.2) is 35.2 Å². The molecule has 1 aromatic rings. The smallest absolute Gasteiger partial charge is 0.240 e. The predicted octanol–water partition coefficient (Wildman–Crippen LogP) is 0.944. The van der Waals surface area contributed by atoms with E-state index in [4.69, 9.17) is 0 Å². The minimum atomic E-state index is -3.41. The highest BCUT2D eigenvalue weighted by molar-refractivity contribution is 7.89. The molecule has 1 rings (SSSR count). The van der Waals surface area contributed by atoms with E-state index in [0.717, 1.165) is 6.29 Å². The van der Waals surface area contributed by atoms with Gasteiger partial charge in [-0.25, -0.2) is 13.1 Å². The maximum Gasteiger partial charge on any atom is 0.240 e. The number of unbranched alkanes of at least 4 members (excludes halogenated alkanes) is 1. The Morgan fingerprint density at radius 1 is 1.20 bits per heavy atom. The predicted molar refractivity (Wildman–Crippen MR) is 56.9 cm³/mol. The molecule has 0 aromatic heterocycles. The zero-order chi connectivity index (χ0) is 11.1. The first-order valence-electron chi connectivity index (χ1n) is 4.65. The van der Waals surface area contributed by atoms with Crippen LogP contribution < -0.4 is 4.72 Å². The maximum atomic E-state index is 11.6. The number of carbonyl (C=O) groups excluding carboxylic acids is 1. The van der Waals surface area contributed by atoms with E-state index in [1.165, 1.54) is 12.1 Å². The number of rotatable bonds is 6. The van der Waals surface area contributed by atoms with Crippen molar-refractivity contribution in [1.29, 1.82) is 0 Å². The molecule has 0 unspecified atom stereocenters. The summed E-state index contributed by atoms with van der Waals surface area (Å²) in [7, 11) is -3.41. The third-order valence-corrected chi connectivity index (χ3v) is 3.32. The molecule has 15 heavy (non-hydrogen) atoms. The number of nitrogens with one attached hydrogen (secondary N) is 1. The Labute approximate surface area is 89.4 Å². The minimum Gasteiger partial charge on any atom is -0.303 e. The van der Waals surface area contributed by atoms with Gasteiger partial charge in [0.25, 0.3) is 0 Å². The zero-order valence-electron chi connectivity index (χ0n) is 8.22. The number of aldehydes is 1. The summed E-state index contributed by atoms with van der Waals surface area (Å²) in [6.45, 7) is 0.288. The lowest BCUT2D eigenvalue weighted by Gasteiger charge is -2.04. The van der Waals surface area contributed by atoms with Crippen molar-refractivity contribution >= 4 is 16.3 Å². The normalized spacial score (nSPS) is 11.2. The molecule has 0 spiro atoms.